The Bertz CT molecular complexity index is 1010. The minimum atomic E-state index is -0.247. The van der Waals surface area contributed by atoms with Crippen LogP contribution < -0.4 is 10.3 Å². The maximum atomic E-state index is 13.2. The number of piperidine rings is 1. The molecule has 0 radical (unpaired) electrons. The molecule has 2 aromatic heterocycles. The first-order valence-corrected chi connectivity index (χ1v) is 9.18. The minimum absolute atomic E-state index is 0.145. The molecule has 0 N–H and O–H groups in total. The van der Waals surface area contributed by atoms with Gasteiger partial charge in [-0.25, -0.2) is 0 Å². The molecule has 0 unspecified atom stereocenters. The zero-order valence-corrected chi connectivity index (χ0v) is 15.6. The van der Waals surface area contributed by atoms with Gasteiger partial charge in [-0.3, -0.25) is 14.2 Å². The highest BCUT2D eigenvalue weighted by molar-refractivity contribution is 5.96. The van der Waals surface area contributed by atoms with E-state index in [2.05, 4.69) is 10.2 Å². The molecule has 144 valence electrons. The molecule has 8 nitrogen and oxygen atoms in total. The standard InChI is InChI=1S/C20H21N5O3/c1-28-18-13-19(26)24(15-5-3-2-4-6-15)14-17(18)20(27)23-11-7-16(8-12-23)25-21-9-10-22-25/h2-6,9-10,13-14,16H,7-8,11-12H2,1H3. The van der Waals surface area contributed by atoms with Gasteiger partial charge in [0.1, 0.15) is 5.75 Å². The average molecular weight is 379 g/mol. The number of para-hydroxylation sites is 1. The highest BCUT2D eigenvalue weighted by Gasteiger charge is 2.27. The second-order valence-corrected chi connectivity index (χ2v) is 6.67. The van der Waals surface area contributed by atoms with E-state index in [1.165, 1.54) is 17.7 Å². The number of hydrogen-bond acceptors (Lipinski definition) is 5. The van der Waals surface area contributed by atoms with Crippen LogP contribution in [0.4, 0.5) is 0 Å². The molecule has 0 atom stereocenters. The fourth-order valence-electron chi connectivity index (χ4n) is 3.52. The monoisotopic (exact) mass is 379 g/mol. The van der Waals surface area contributed by atoms with Crippen molar-refractivity contribution in [1.82, 2.24) is 24.5 Å². The Balaban J connectivity index is 1.59. The van der Waals surface area contributed by atoms with Crippen LogP contribution >= 0.6 is 0 Å². The van der Waals surface area contributed by atoms with E-state index < -0.39 is 0 Å². The van der Waals surface area contributed by atoms with Crippen LogP contribution in [0.5, 0.6) is 5.75 Å². The third-order valence-electron chi connectivity index (χ3n) is 5.02. The predicted octanol–water partition coefficient (Wildman–Crippen LogP) is 1.91. The van der Waals surface area contributed by atoms with E-state index in [1.54, 1.807) is 28.3 Å². The molecule has 1 fully saturated rings. The van der Waals surface area contributed by atoms with Crippen molar-refractivity contribution in [2.75, 3.05) is 20.2 Å². The summed E-state index contributed by atoms with van der Waals surface area (Å²) in [7, 11) is 1.47. The molecule has 1 aromatic carbocycles. The van der Waals surface area contributed by atoms with Crippen molar-refractivity contribution < 1.29 is 9.53 Å². The van der Waals surface area contributed by atoms with Crippen molar-refractivity contribution in [3.05, 3.63) is 70.9 Å². The third kappa shape index (κ3) is 3.40. The molecule has 0 spiro atoms. The van der Waals surface area contributed by atoms with Crippen molar-refractivity contribution in [2.45, 2.75) is 18.9 Å². The summed E-state index contributed by atoms with van der Waals surface area (Å²) < 4.78 is 6.79. The molecule has 3 heterocycles. The van der Waals surface area contributed by atoms with Gasteiger partial charge in [-0.2, -0.15) is 15.0 Å². The van der Waals surface area contributed by atoms with Crippen LogP contribution in [0.25, 0.3) is 5.69 Å². The van der Waals surface area contributed by atoms with E-state index in [0.29, 0.717) is 24.3 Å². The van der Waals surface area contributed by atoms with Gasteiger partial charge in [-0.1, -0.05) is 18.2 Å². The summed E-state index contributed by atoms with van der Waals surface area (Å²) in [5.74, 6) is 0.145. The van der Waals surface area contributed by atoms with E-state index in [-0.39, 0.29) is 23.3 Å². The number of benzene rings is 1. The summed E-state index contributed by atoms with van der Waals surface area (Å²) in [4.78, 5) is 29.1. The van der Waals surface area contributed by atoms with Gasteiger partial charge in [0, 0.05) is 31.0 Å². The lowest BCUT2D eigenvalue weighted by Gasteiger charge is -2.31. The summed E-state index contributed by atoms with van der Waals surface area (Å²) in [6, 6.07) is 10.8. The number of aromatic nitrogens is 4. The number of likely N-dealkylation sites (tertiary alicyclic amines) is 1. The van der Waals surface area contributed by atoms with E-state index in [4.69, 9.17) is 4.74 Å². The Morgan fingerprint density at radius 1 is 1.11 bits per heavy atom. The number of carbonyl (C=O) groups is 1. The number of pyridine rings is 1. The van der Waals surface area contributed by atoms with Gasteiger partial charge in [0.05, 0.1) is 31.1 Å². The molecule has 1 saturated heterocycles. The van der Waals surface area contributed by atoms with Gasteiger partial charge < -0.3 is 9.64 Å². The molecule has 1 amide bonds. The van der Waals surface area contributed by atoms with Crippen molar-refractivity contribution in [3.63, 3.8) is 0 Å². The second kappa shape index (κ2) is 7.67. The molecule has 0 saturated carbocycles. The second-order valence-electron chi connectivity index (χ2n) is 6.67. The normalized spacial score (nSPS) is 14.8. The van der Waals surface area contributed by atoms with Gasteiger partial charge in [-0.15, -0.1) is 0 Å². The molecule has 0 aliphatic carbocycles. The SMILES string of the molecule is COc1cc(=O)n(-c2ccccc2)cc1C(=O)N1CCC(n2nccn2)CC1. The lowest BCUT2D eigenvalue weighted by atomic mass is 10.0. The average Bonchev–Trinajstić information content (AvgIpc) is 3.28. The Kier molecular flexibility index (Phi) is 4.92. The van der Waals surface area contributed by atoms with Crippen LogP contribution in [0.1, 0.15) is 29.2 Å². The molecule has 3 aromatic rings. The number of hydrogen-bond donors (Lipinski definition) is 0. The van der Waals surface area contributed by atoms with Crippen LogP contribution in [-0.2, 0) is 0 Å². The first-order valence-electron chi connectivity index (χ1n) is 9.18. The number of carbonyl (C=O) groups excluding carboxylic acids is 1. The van der Waals surface area contributed by atoms with Crippen LogP contribution in [0, 0.1) is 0 Å². The highest BCUT2D eigenvalue weighted by atomic mass is 16.5. The van der Waals surface area contributed by atoms with Crippen molar-refractivity contribution >= 4 is 5.91 Å². The quantitative estimate of drug-likeness (QED) is 0.692. The minimum Gasteiger partial charge on any atom is -0.496 e. The Labute approximate surface area is 162 Å². The van der Waals surface area contributed by atoms with Gasteiger partial charge in [0.25, 0.3) is 11.5 Å². The van der Waals surface area contributed by atoms with Crippen molar-refractivity contribution in [2.24, 2.45) is 0 Å². The lowest BCUT2D eigenvalue weighted by molar-refractivity contribution is 0.0679. The molecule has 1 aliphatic rings. The topological polar surface area (TPSA) is 82.2 Å². The summed E-state index contributed by atoms with van der Waals surface area (Å²) in [5, 5.41) is 8.39. The zero-order valence-electron chi connectivity index (χ0n) is 15.6. The summed E-state index contributed by atoms with van der Waals surface area (Å²) in [5.41, 5.74) is 0.831. The first kappa shape index (κ1) is 18.0. The largest absolute Gasteiger partial charge is 0.496 e. The van der Waals surface area contributed by atoms with E-state index in [1.807, 2.05) is 30.3 Å². The molecule has 0 bridgehead atoms. The molecule has 4 rings (SSSR count). The molecule has 8 heteroatoms. The summed E-state index contributed by atoms with van der Waals surface area (Å²) in [6.45, 7) is 1.19. The number of nitrogens with zero attached hydrogens (tertiary/aromatic N) is 5. The predicted molar refractivity (Wildman–Crippen MR) is 103 cm³/mol. The summed E-state index contributed by atoms with van der Waals surface area (Å²) in [6.07, 6.45) is 6.45. The first-order chi connectivity index (χ1) is 13.7. The van der Waals surface area contributed by atoms with Crippen LogP contribution in [0.3, 0.4) is 0 Å². The third-order valence-corrected chi connectivity index (χ3v) is 5.02. The molecule has 28 heavy (non-hydrogen) atoms. The van der Waals surface area contributed by atoms with Gasteiger partial charge in [0.15, 0.2) is 0 Å². The summed E-state index contributed by atoms with van der Waals surface area (Å²) >= 11 is 0. The van der Waals surface area contributed by atoms with Crippen LogP contribution in [-0.4, -0.2) is 50.6 Å². The van der Waals surface area contributed by atoms with Crippen LogP contribution in [0.2, 0.25) is 0 Å². The van der Waals surface area contributed by atoms with Gasteiger partial charge >= 0.3 is 0 Å². The maximum absolute atomic E-state index is 13.2. The lowest BCUT2D eigenvalue weighted by Crippen LogP contribution is -2.40. The Morgan fingerprint density at radius 3 is 2.43 bits per heavy atom. The smallest absolute Gasteiger partial charge is 0.259 e. The number of amides is 1. The number of ether oxygens (including phenoxy) is 1. The number of methoxy groups -OCH3 is 1. The van der Waals surface area contributed by atoms with Gasteiger partial charge in [0.2, 0.25) is 0 Å². The molecular formula is C20H21N5O3. The van der Waals surface area contributed by atoms with Crippen LogP contribution in [0.15, 0.2) is 59.8 Å². The van der Waals surface area contributed by atoms with Crippen molar-refractivity contribution in [3.8, 4) is 11.4 Å². The fourth-order valence-corrected chi connectivity index (χ4v) is 3.52. The van der Waals surface area contributed by atoms with E-state index >= 15 is 0 Å². The number of rotatable bonds is 4. The zero-order chi connectivity index (χ0) is 19.5. The van der Waals surface area contributed by atoms with E-state index in [0.717, 1.165) is 12.8 Å². The Hall–Kier alpha value is -3.42. The fraction of sp³-hybridized carbons (Fsp3) is 0.300. The Morgan fingerprint density at radius 2 is 1.79 bits per heavy atom. The molecule has 1 aliphatic heterocycles. The van der Waals surface area contributed by atoms with Crippen molar-refractivity contribution in [1.29, 1.82) is 0 Å². The highest BCUT2D eigenvalue weighted by Crippen LogP contribution is 2.25. The van der Waals surface area contributed by atoms with Gasteiger partial charge in [-0.05, 0) is 25.0 Å². The molecular weight excluding hydrogens is 358 g/mol. The van der Waals surface area contributed by atoms with E-state index in [9.17, 15) is 9.59 Å². The maximum Gasteiger partial charge on any atom is 0.259 e.